The highest BCUT2D eigenvalue weighted by Gasteiger charge is 2.73. The topological polar surface area (TPSA) is 58.6 Å². The highest BCUT2D eigenvalue weighted by atomic mass is 16.5. The maximum atomic E-state index is 13.0. The number of carbonyl (C=O) groups is 2. The summed E-state index contributed by atoms with van der Waals surface area (Å²) in [7, 11) is 0. The van der Waals surface area contributed by atoms with Gasteiger partial charge in [0, 0.05) is 18.8 Å². The molecule has 3 aliphatic rings. The van der Waals surface area contributed by atoms with Crippen molar-refractivity contribution >= 4 is 17.5 Å². The number of rotatable bonds is 6. The average molecular weight is 342 g/mol. The van der Waals surface area contributed by atoms with E-state index in [0.29, 0.717) is 6.61 Å². The number of carbonyl (C=O) groups excluding carboxylic acids is 2. The van der Waals surface area contributed by atoms with E-state index in [1.54, 1.807) is 0 Å². The van der Waals surface area contributed by atoms with Gasteiger partial charge in [-0.2, -0.15) is 0 Å². The number of hydrogen-bond acceptors (Lipinski definition) is 3. The quantitative estimate of drug-likeness (QED) is 0.864. The highest BCUT2D eigenvalue weighted by Crippen LogP contribution is 2.71. The molecule has 1 aliphatic heterocycles. The van der Waals surface area contributed by atoms with Gasteiger partial charge < -0.3 is 15.0 Å². The number of ether oxygens (including phenoxy) is 1. The zero-order valence-electron chi connectivity index (χ0n) is 14.8. The summed E-state index contributed by atoms with van der Waals surface area (Å²) in [4.78, 5) is 28.0. The molecule has 5 nitrogen and oxygen atoms in total. The predicted molar refractivity (Wildman–Crippen MR) is 95.4 cm³/mol. The van der Waals surface area contributed by atoms with Crippen LogP contribution in [-0.2, 0) is 9.59 Å². The zero-order chi connectivity index (χ0) is 17.5. The van der Waals surface area contributed by atoms with Crippen LogP contribution in [0, 0.1) is 10.8 Å². The standard InChI is InChI=1S/C20H26N2O3/c1-2-25-16-7-5-15(6-8-16)21-17(23)19(9-10-19)20(11-12-20)18(24)22-13-3-4-14-22/h5-8H,2-4,9-14H2,1H3,(H,21,23). The molecule has 2 amide bonds. The third-order valence-corrected chi connectivity index (χ3v) is 6.08. The molecule has 5 heteroatoms. The van der Waals surface area contributed by atoms with Crippen LogP contribution in [0.1, 0.15) is 45.4 Å². The van der Waals surface area contributed by atoms with Crippen molar-refractivity contribution in [2.24, 2.45) is 10.8 Å². The van der Waals surface area contributed by atoms with Crippen LogP contribution < -0.4 is 10.1 Å². The van der Waals surface area contributed by atoms with Crippen molar-refractivity contribution in [3.05, 3.63) is 24.3 Å². The van der Waals surface area contributed by atoms with E-state index in [4.69, 9.17) is 4.74 Å². The third-order valence-electron chi connectivity index (χ3n) is 6.08. The fraction of sp³-hybridized carbons (Fsp3) is 0.600. The molecule has 0 atom stereocenters. The van der Waals surface area contributed by atoms with Crippen molar-refractivity contribution in [3.63, 3.8) is 0 Å². The third kappa shape index (κ3) is 2.70. The summed E-state index contributed by atoms with van der Waals surface area (Å²) in [5, 5.41) is 3.04. The van der Waals surface area contributed by atoms with Crippen molar-refractivity contribution in [3.8, 4) is 5.75 Å². The minimum absolute atomic E-state index is 0.0155. The van der Waals surface area contributed by atoms with Gasteiger partial charge in [-0.25, -0.2) is 0 Å². The molecule has 25 heavy (non-hydrogen) atoms. The van der Waals surface area contributed by atoms with Gasteiger partial charge in [0.15, 0.2) is 0 Å². The maximum Gasteiger partial charge on any atom is 0.231 e. The summed E-state index contributed by atoms with van der Waals surface area (Å²) in [5.41, 5.74) is -0.137. The minimum Gasteiger partial charge on any atom is -0.494 e. The van der Waals surface area contributed by atoms with Crippen molar-refractivity contribution in [1.29, 1.82) is 0 Å². The van der Waals surface area contributed by atoms with Crippen molar-refractivity contribution < 1.29 is 14.3 Å². The lowest BCUT2D eigenvalue weighted by atomic mass is 9.83. The van der Waals surface area contributed by atoms with Crippen LogP contribution in [-0.4, -0.2) is 36.4 Å². The number of likely N-dealkylation sites (tertiary alicyclic amines) is 1. The van der Waals surface area contributed by atoms with Crippen LogP contribution in [0.3, 0.4) is 0 Å². The number of nitrogens with one attached hydrogen (secondary N) is 1. The van der Waals surface area contributed by atoms with Gasteiger partial charge in [0.05, 0.1) is 17.4 Å². The van der Waals surface area contributed by atoms with Crippen LogP contribution >= 0.6 is 0 Å². The molecule has 1 aromatic carbocycles. The van der Waals surface area contributed by atoms with Crippen LogP contribution in [0.2, 0.25) is 0 Å². The Morgan fingerprint density at radius 2 is 1.64 bits per heavy atom. The summed E-state index contributed by atoms with van der Waals surface area (Å²) in [5.74, 6) is 1.04. The normalized spacial score (nSPS) is 22.4. The van der Waals surface area contributed by atoms with Gasteiger partial charge in [0.2, 0.25) is 11.8 Å². The van der Waals surface area contributed by atoms with Crippen molar-refractivity contribution in [2.45, 2.75) is 45.4 Å². The number of amides is 2. The van der Waals surface area contributed by atoms with Crippen LogP contribution in [0.15, 0.2) is 24.3 Å². The number of anilines is 1. The predicted octanol–water partition coefficient (Wildman–Crippen LogP) is 3.21. The van der Waals surface area contributed by atoms with Gasteiger partial charge in [0.1, 0.15) is 5.75 Å². The minimum atomic E-state index is -0.481. The molecule has 1 N–H and O–H groups in total. The molecule has 4 rings (SSSR count). The summed E-state index contributed by atoms with van der Waals surface area (Å²) in [6, 6.07) is 7.45. The summed E-state index contributed by atoms with van der Waals surface area (Å²) < 4.78 is 5.44. The first-order chi connectivity index (χ1) is 12.1. The van der Waals surface area contributed by atoms with E-state index < -0.39 is 10.8 Å². The van der Waals surface area contributed by atoms with Gasteiger partial charge >= 0.3 is 0 Å². The fourth-order valence-electron chi connectivity index (χ4n) is 4.34. The van der Waals surface area contributed by atoms with Crippen LogP contribution in [0.25, 0.3) is 0 Å². The summed E-state index contributed by atoms with van der Waals surface area (Å²) >= 11 is 0. The van der Waals surface area contributed by atoms with Crippen LogP contribution in [0.4, 0.5) is 5.69 Å². The number of hydrogen-bond donors (Lipinski definition) is 1. The molecule has 134 valence electrons. The second kappa shape index (κ2) is 6.04. The molecule has 0 unspecified atom stereocenters. The van der Waals surface area contributed by atoms with Gasteiger partial charge in [-0.1, -0.05) is 0 Å². The molecular weight excluding hydrogens is 316 g/mol. The lowest BCUT2D eigenvalue weighted by Crippen LogP contribution is -2.44. The molecule has 0 spiro atoms. The lowest BCUT2D eigenvalue weighted by molar-refractivity contribution is -0.143. The molecule has 1 heterocycles. The van der Waals surface area contributed by atoms with E-state index in [1.165, 1.54) is 0 Å². The van der Waals surface area contributed by atoms with Crippen molar-refractivity contribution in [2.75, 3.05) is 25.0 Å². The van der Waals surface area contributed by atoms with E-state index in [1.807, 2.05) is 36.1 Å². The van der Waals surface area contributed by atoms with Crippen molar-refractivity contribution in [1.82, 2.24) is 4.90 Å². The second-order valence-electron chi connectivity index (χ2n) is 7.58. The Bertz CT molecular complexity index is 669. The van der Waals surface area contributed by atoms with E-state index >= 15 is 0 Å². The number of benzene rings is 1. The molecule has 2 aliphatic carbocycles. The maximum absolute atomic E-state index is 13.0. The summed E-state index contributed by atoms with van der Waals surface area (Å²) in [6.45, 7) is 4.28. The zero-order valence-corrected chi connectivity index (χ0v) is 14.8. The molecule has 1 saturated heterocycles. The molecule has 0 aromatic heterocycles. The largest absolute Gasteiger partial charge is 0.494 e. The van der Waals surface area contributed by atoms with E-state index in [9.17, 15) is 9.59 Å². The Morgan fingerprint density at radius 1 is 1.04 bits per heavy atom. The van der Waals surface area contributed by atoms with Crippen LogP contribution in [0.5, 0.6) is 5.75 Å². The van der Waals surface area contributed by atoms with Gasteiger partial charge in [0.25, 0.3) is 0 Å². The SMILES string of the molecule is CCOc1ccc(NC(=O)C2(C3(C(=O)N4CCCC4)CC3)CC2)cc1. The second-order valence-corrected chi connectivity index (χ2v) is 7.58. The number of nitrogens with zero attached hydrogens (tertiary/aromatic N) is 1. The Hall–Kier alpha value is -2.04. The molecule has 0 bridgehead atoms. The van der Waals surface area contributed by atoms with E-state index in [2.05, 4.69) is 5.32 Å². The van der Waals surface area contributed by atoms with Gasteiger partial charge in [-0.05, 0) is 69.7 Å². The molecule has 0 radical (unpaired) electrons. The lowest BCUT2D eigenvalue weighted by Gasteiger charge is -2.29. The first-order valence-electron chi connectivity index (χ1n) is 9.45. The Labute approximate surface area is 148 Å². The molecule has 3 fully saturated rings. The first-order valence-corrected chi connectivity index (χ1v) is 9.45. The van der Waals surface area contributed by atoms with Gasteiger partial charge in [-0.3, -0.25) is 9.59 Å². The Balaban J connectivity index is 1.47. The first kappa shape index (κ1) is 16.4. The average Bonchev–Trinajstić information content (AvgIpc) is 3.53. The molecular formula is C20H26N2O3. The fourth-order valence-corrected chi connectivity index (χ4v) is 4.34. The Morgan fingerprint density at radius 3 is 2.16 bits per heavy atom. The summed E-state index contributed by atoms with van der Waals surface area (Å²) in [6.07, 6.45) is 5.56. The van der Waals surface area contributed by atoms with Gasteiger partial charge in [-0.15, -0.1) is 0 Å². The monoisotopic (exact) mass is 342 g/mol. The van der Waals surface area contributed by atoms with E-state index in [-0.39, 0.29) is 11.8 Å². The highest BCUT2D eigenvalue weighted by molar-refractivity contribution is 6.03. The molecule has 1 aromatic rings. The smallest absolute Gasteiger partial charge is 0.231 e. The Kier molecular flexibility index (Phi) is 3.97. The van der Waals surface area contributed by atoms with E-state index in [0.717, 1.165) is 63.1 Å². The molecule has 2 saturated carbocycles.